The molecule has 0 amide bonds. The summed E-state index contributed by atoms with van der Waals surface area (Å²) in [5.41, 5.74) is 0.318. The summed E-state index contributed by atoms with van der Waals surface area (Å²) in [6, 6.07) is 2.73. The van der Waals surface area contributed by atoms with Crippen molar-refractivity contribution in [1.82, 2.24) is 0 Å². The van der Waals surface area contributed by atoms with Crippen LogP contribution in [0.15, 0.2) is 17.0 Å². The molecule has 0 spiro atoms. The summed E-state index contributed by atoms with van der Waals surface area (Å²) in [5.74, 6) is -0.119. The summed E-state index contributed by atoms with van der Waals surface area (Å²) in [5, 5.41) is 0. The van der Waals surface area contributed by atoms with Crippen molar-refractivity contribution >= 4 is 15.6 Å². The van der Waals surface area contributed by atoms with Gasteiger partial charge in [0.1, 0.15) is 16.4 Å². The number of rotatable bonds is 2. The van der Waals surface area contributed by atoms with Crippen molar-refractivity contribution in [2.45, 2.75) is 11.8 Å². The molecule has 0 unspecified atom stereocenters. The third kappa shape index (κ3) is 1.55. The zero-order chi connectivity index (χ0) is 11.9. The lowest BCUT2D eigenvalue weighted by molar-refractivity contribution is 0.101. The molecule has 86 valence electrons. The SMILES string of the molecule is COc1cc2c(cc1C(C)=O)OCS2(=O)=O. The quantitative estimate of drug-likeness (QED) is 0.724. The Morgan fingerprint density at radius 3 is 2.69 bits per heavy atom. The number of fused-ring (bicyclic) bond motifs is 1. The van der Waals surface area contributed by atoms with E-state index >= 15 is 0 Å². The Labute approximate surface area is 92.9 Å². The first-order valence-corrected chi connectivity index (χ1v) is 6.19. The van der Waals surface area contributed by atoms with Crippen LogP contribution in [0.1, 0.15) is 17.3 Å². The van der Waals surface area contributed by atoms with Crippen molar-refractivity contribution in [2.24, 2.45) is 0 Å². The third-order valence-corrected chi connectivity index (χ3v) is 3.77. The fraction of sp³-hybridized carbons (Fsp3) is 0.300. The average Bonchev–Trinajstić information content (AvgIpc) is 2.53. The van der Waals surface area contributed by atoms with Gasteiger partial charge in [0.2, 0.25) is 9.84 Å². The molecule has 1 aromatic carbocycles. The van der Waals surface area contributed by atoms with Crippen LogP contribution in [0.5, 0.6) is 11.5 Å². The summed E-state index contributed by atoms with van der Waals surface area (Å²) in [6.45, 7) is 1.38. The highest BCUT2D eigenvalue weighted by molar-refractivity contribution is 7.91. The number of carbonyl (C=O) groups excluding carboxylic acids is 1. The normalized spacial score (nSPS) is 16.4. The molecule has 0 saturated heterocycles. The van der Waals surface area contributed by atoms with Crippen LogP contribution in [-0.4, -0.2) is 27.2 Å². The number of hydrogen-bond acceptors (Lipinski definition) is 5. The van der Waals surface area contributed by atoms with Crippen molar-refractivity contribution < 1.29 is 22.7 Å². The number of Topliss-reactive ketones (excluding diaryl/α,β-unsaturated/α-hetero) is 1. The molecule has 0 radical (unpaired) electrons. The number of hydrogen-bond donors (Lipinski definition) is 0. The Hall–Kier alpha value is -1.56. The van der Waals surface area contributed by atoms with Crippen molar-refractivity contribution in [2.75, 3.05) is 13.0 Å². The smallest absolute Gasteiger partial charge is 0.217 e. The van der Waals surface area contributed by atoms with Gasteiger partial charge in [0.15, 0.2) is 11.7 Å². The van der Waals surface area contributed by atoms with E-state index in [1.807, 2.05) is 0 Å². The van der Waals surface area contributed by atoms with E-state index < -0.39 is 9.84 Å². The van der Waals surface area contributed by atoms with Crippen LogP contribution in [0.25, 0.3) is 0 Å². The van der Waals surface area contributed by atoms with Gasteiger partial charge < -0.3 is 9.47 Å². The highest BCUT2D eigenvalue weighted by Gasteiger charge is 2.30. The van der Waals surface area contributed by atoms with Crippen LogP contribution in [0.3, 0.4) is 0 Å². The molecular weight excluding hydrogens is 232 g/mol. The van der Waals surface area contributed by atoms with Gasteiger partial charge in [-0.05, 0) is 13.0 Å². The maximum absolute atomic E-state index is 11.5. The molecule has 1 aromatic rings. The molecule has 2 rings (SSSR count). The monoisotopic (exact) mass is 242 g/mol. The van der Waals surface area contributed by atoms with E-state index in [0.717, 1.165) is 0 Å². The van der Waals surface area contributed by atoms with Crippen molar-refractivity contribution in [3.63, 3.8) is 0 Å². The number of methoxy groups -OCH3 is 1. The molecular formula is C10H10O5S. The molecule has 0 fully saturated rings. The lowest BCUT2D eigenvalue weighted by Gasteiger charge is -2.07. The zero-order valence-electron chi connectivity index (χ0n) is 8.81. The molecule has 6 heteroatoms. The van der Waals surface area contributed by atoms with Gasteiger partial charge in [-0.3, -0.25) is 4.79 Å². The Morgan fingerprint density at radius 1 is 1.44 bits per heavy atom. The lowest BCUT2D eigenvalue weighted by atomic mass is 10.1. The topological polar surface area (TPSA) is 69.7 Å². The fourth-order valence-electron chi connectivity index (χ4n) is 1.55. The van der Waals surface area contributed by atoms with Crippen LogP contribution in [0.4, 0.5) is 0 Å². The second-order valence-electron chi connectivity index (χ2n) is 3.43. The van der Waals surface area contributed by atoms with Gasteiger partial charge in [-0.15, -0.1) is 0 Å². The van der Waals surface area contributed by atoms with Gasteiger partial charge in [0.25, 0.3) is 0 Å². The second kappa shape index (κ2) is 3.48. The van der Waals surface area contributed by atoms with Gasteiger partial charge >= 0.3 is 0 Å². The Morgan fingerprint density at radius 2 is 2.12 bits per heavy atom. The third-order valence-electron chi connectivity index (χ3n) is 2.35. The molecule has 0 N–H and O–H groups in total. The van der Waals surface area contributed by atoms with Crippen LogP contribution in [0, 0.1) is 0 Å². The molecule has 1 aliphatic heterocycles. The maximum Gasteiger partial charge on any atom is 0.217 e. The van der Waals surface area contributed by atoms with E-state index in [2.05, 4.69) is 0 Å². The molecule has 1 heterocycles. The number of carbonyl (C=O) groups is 1. The predicted octanol–water partition coefficient (Wildman–Crippen LogP) is 1.02. The Balaban J connectivity index is 2.70. The molecule has 16 heavy (non-hydrogen) atoms. The Bertz CT molecular complexity index is 559. The fourth-order valence-corrected chi connectivity index (χ4v) is 2.67. The summed E-state index contributed by atoms with van der Waals surface area (Å²) in [4.78, 5) is 11.4. The van der Waals surface area contributed by atoms with E-state index in [1.54, 1.807) is 0 Å². The van der Waals surface area contributed by atoms with Crippen LogP contribution >= 0.6 is 0 Å². The van der Waals surface area contributed by atoms with Gasteiger partial charge in [0, 0.05) is 6.07 Å². The number of ether oxygens (including phenoxy) is 2. The molecule has 1 aliphatic rings. The van der Waals surface area contributed by atoms with Crippen LogP contribution < -0.4 is 9.47 Å². The number of ketones is 1. The molecule has 0 bridgehead atoms. The molecule has 0 aliphatic carbocycles. The predicted molar refractivity (Wildman–Crippen MR) is 55.7 cm³/mol. The van der Waals surface area contributed by atoms with Gasteiger partial charge in [-0.25, -0.2) is 8.42 Å². The minimum Gasteiger partial charge on any atom is -0.496 e. The van der Waals surface area contributed by atoms with Crippen LogP contribution in [0.2, 0.25) is 0 Å². The first kappa shape index (κ1) is 10.9. The standard InChI is InChI=1S/C10H10O5S/c1-6(11)7-3-9-10(4-8(7)14-2)16(12,13)5-15-9/h3-4H,5H2,1-2H3. The highest BCUT2D eigenvalue weighted by Crippen LogP contribution is 2.37. The largest absolute Gasteiger partial charge is 0.496 e. The van der Waals surface area contributed by atoms with Gasteiger partial charge in [-0.2, -0.15) is 0 Å². The van der Waals surface area contributed by atoms with Gasteiger partial charge in [-0.1, -0.05) is 0 Å². The number of sulfone groups is 1. The van der Waals surface area contributed by atoms with Crippen LogP contribution in [-0.2, 0) is 9.84 Å². The van der Waals surface area contributed by atoms with Crippen molar-refractivity contribution in [3.8, 4) is 11.5 Å². The summed E-state index contributed by atoms with van der Waals surface area (Å²) in [6.07, 6.45) is 0. The van der Waals surface area contributed by atoms with Crippen molar-refractivity contribution in [1.29, 1.82) is 0 Å². The molecule has 5 nitrogen and oxygen atoms in total. The first-order chi connectivity index (χ1) is 7.45. The zero-order valence-corrected chi connectivity index (χ0v) is 9.63. The second-order valence-corrected chi connectivity index (χ2v) is 5.34. The molecule has 0 atom stereocenters. The van der Waals surface area contributed by atoms with Gasteiger partial charge in [0.05, 0.1) is 12.7 Å². The Kier molecular flexibility index (Phi) is 2.38. The van der Waals surface area contributed by atoms with E-state index in [-0.39, 0.29) is 28.1 Å². The van der Waals surface area contributed by atoms with E-state index in [1.165, 1.54) is 26.2 Å². The van der Waals surface area contributed by atoms with E-state index in [4.69, 9.17) is 9.47 Å². The highest BCUT2D eigenvalue weighted by atomic mass is 32.2. The molecule has 0 saturated carbocycles. The van der Waals surface area contributed by atoms with E-state index in [9.17, 15) is 13.2 Å². The maximum atomic E-state index is 11.5. The molecule has 0 aromatic heterocycles. The van der Waals surface area contributed by atoms with E-state index in [0.29, 0.717) is 5.56 Å². The summed E-state index contributed by atoms with van der Waals surface area (Å²) < 4.78 is 33.1. The summed E-state index contributed by atoms with van der Waals surface area (Å²) >= 11 is 0. The first-order valence-electron chi connectivity index (χ1n) is 4.54. The minimum atomic E-state index is -3.39. The average molecular weight is 242 g/mol. The summed E-state index contributed by atoms with van der Waals surface area (Å²) in [7, 11) is -2.01. The van der Waals surface area contributed by atoms with Crippen molar-refractivity contribution in [3.05, 3.63) is 17.7 Å². The number of benzene rings is 1. The lowest BCUT2D eigenvalue weighted by Crippen LogP contribution is -2.02. The minimum absolute atomic E-state index is 0.0781.